The van der Waals surface area contributed by atoms with Gasteiger partial charge in [-0.15, -0.1) is 11.3 Å². The number of halogens is 2. The largest absolute Gasteiger partial charge is 0.310 e. The minimum absolute atomic E-state index is 0.164. The summed E-state index contributed by atoms with van der Waals surface area (Å²) in [4.78, 5) is 5.73. The van der Waals surface area contributed by atoms with Gasteiger partial charge in [0.1, 0.15) is 5.82 Å². The van der Waals surface area contributed by atoms with Crippen LogP contribution in [-0.4, -0.2) is 11.0 Å². The van der Waals surface area contributed by atoms with E-state index in [0.29, 0.717) is 18.0 Å². The van der Waals surface area contributed by atoms with Crippen LogP contribution in [0.15, 0.2) is 18.2 Å². The summed E-state index contributed by atoms with van der Waals surface area (Å²) >= 11 is 7.43. The number of hydrogen-bond donors (Lipinski definition) is 1. The standard InChI is InChI=1S/C15H18ClFN2S/c1-9(2)18-8-13-10(3)19-14(20-13)7-11-5-4-6-12(16)15(11)17/h4-6,9,18H,7-8H2,1-3H3. The van der Waals surface area contributed by atoms with E-state index in [1.807, 2.05) is 6.92 Å². The molecule has 0 radical (unpaired) electrons. The van der Waals surface area contributed by atoms with Crippen LogP contribution in [0.1, 0.15) is 35.0 Å². The molecule has 1 heterocycles. The second kappa shape index (κ2) is 6.66. The zero-order valence-corrected chi connectivity index (χ0v) is 13.4. The fourth-order valence-corrected chi connectivity index (χ4v) is 3.11. The molecule has 0 saturated heterocycles. The highest BCUT2D eigenvalue weighted by atomic mass is 35.5. The van der Waals surface area contributed by atoms with Crippen molar-refractivity contribution in [3.63, 3.8) is 0 Å². The summed E-state index contributed by atoms with van der Waals surface area (Å²) in [5.74, 6) is -0.344. The van der Waals surface area contributed by atoms with Crippen LogP contribution in [-0.2, 0) is 13.0 Å². The monoisotopic (exact) mass is 312 g/mol. The van der Waals surface area contributed by atoms with E-state index in [4.69, 9.17) is 11.6 Å². The van der Waals surface area contributed by atoms with Crippen molar-refractivity contribution in [3.8, 4) is 0 Å². The van der Waals surface area contributed by atoms with Crippen LogP contribution in [0.5, 0.6) is 0 Å². The quantitative estimate of drug-likeness (QED) is 0.888. The first kappa shape index (κ1) is 15.4. The molecular weight excluding hydrogens is 295 g/mol. The highest BCUT2D eigenvalue weighted by Crippen LogP contribution is 2.24. The average molecular weight is 313 g/mol. The number of aryl methyl sites for hydroxylation is 1. The number of rotatable bonds is 5. The first-order valence-electron chi connectivity index (χ1n) is 6.59. The van der Waals surface area contributed by atoms with Crippen LogP contribution in [0.2, 0.25) is 5.02 Å². The third kappa shape index (κ3) is 3.78. The molecule has 0 unspecified atom stereocenters. The van der Waals surface area contributed by atoms with Crippen molar-refractivity contribution < 1.29 is 4.39 Å². The Morgan fingerprint density at radius 2 is 2.15 bits per heavy atom. The number of aromatic nitrogens is 1. The number of thiazole rings is 1. The van der Waals surface area contributed by atoms with Crippen LogP contribution in [0.4, 0.5) is 4.39 Å². The first-order valence-corrected chi connectivity index (χ1v) is 7.78. The zero-order chi connectivity index (χ0) is 14.7. The molecule has 0 fully saturated rings. The predicted octanol–water partition coefficient (Wildman–Crippen LogP) is 4.33. The number of nitrogens with zero attached hydrogens (tertiary/aromatic N) is 1. The van der Waals surface area contributed by atoms with Gasteiger partial charge in [0.15, 0.2) is 0 Å². The van der Waals surface area contributed by atoms with Gasteiger partial charge in [-0.1, -0.05) is 37.6 Å². The molecule has 0 aliphatic carbocycles. The van der Waals surface area contributed by atoms with Crippen molar-refractivity contribution in [1.82, 2.24) is 10.3 Å². The van der Waals surface area contributed by atoms with Crippen molar-refractivity contribution >= 4 is 22.9 Å². The Labute approximate surface area is 128 Å². The van der Waals surface area contributed by atoms with Gasteiger partial charge in [-0.05, 0) is 18.6 Å². The van der Waals surface area contributed by atoms with E-state index in [0.717, 1.165) is 17.2 Å². The highest BCUT2D eigenvalue weighted by molar-refractivity contribution is 7.11. The summed E-state index contributed by atoms with van der Waals surface area (Å²) in [6, 6.07) is 5.52. The van der Waals surface area contributed by atoms with Crippen LogP contribution >= 0.6 is 22.9 Å². The Kier molecular flexibility index (Phi) is 5.13. The third-order valence-electron chi connectivity index (χ3n) is 2.98. The van der Waals surface area contributed by atoms with E-state index in [1.165, 1.54) is 4.88 Å². The van der Waals surface area contributed by atoms with Crippen molar-refractivity contribution in [3.05, 3.63) is 50.2 Å². The van der Waals surface area contributed by atoms with E-state index in [2.05, 4.69) is 24.1 Å². The Morgan fingerprint density at radius 1 is 1.40 bits per heavy atom. The van der Waals surface area contributed by atoms with Crippen LogP contribution < -0.4 is 5.32 Å². The Bertz CT molecular complexity index is 596. The van der Waals surface area contributed by atoms with E-state index in [9.17, 15) is 4.39 Å². The van der Waals surface area contributed by atoms with E-state index in [1.54, 1.807) is 29.5 Å². The topological polar surface area (TPSA) is 24.9 Å². The van der Waals surface area contributed by atoms with Gasteiger partial charge in [-0.25, -0.2) is 9.37 Å². The minimum atomic E-state index is -0.344. The van der Waals surface area contributed by atoms with Crippen LogP contribution in [0.25, 0.3) is 0 Å². The molecule has 2 rings (SSSR count). The van der Waals surface area contributed by atoms with Crippen molar-refractivity contribution in [2.24, 2.45) is 0 Å². The van der Waals surface area contributed by atoms with Crippen LogP contribution in [0.3, 0.4) is 0 Å². The molecule has 0 aliphatic heterocycles. The average Bonchev–Trinajstić information content (AvgIpc) is 2.73. The normalized spacial score (nSPS) is 11.3. The van der Waals surface area contributed by atoms with E-state index in [-0.39, 0.29) is 10.8 Å². The first-order chi connectivity index (χ1) is 9.47. The van der Waals surface area contributed by atoms with Gasteiger partial charge >= 0.3 is 0 Å². The minimum Gasteiger partial charge on any atom is -0.310 e. The summed E-state index contributed by atoms with van der Waals surface area (Å²) in [7, 11) is 0. The molecule has 20 heavy (non-hydrogen) atoms. The van der Waals surface area contributed by atoms with Gasteiger partial charge < -0.3 is 5.32 Å². The smallest absolute Gasteiger partial charge is 0.145 e. The van der Waals surface area contributed by atoms with Gasteiger partial charge in [-0.3, -0.25) is 0 Å². The lowest BCUT2D eigenvalue weighted by Crippen LogP contribution is -2.21. The van der Waals surface area contributed by atoms with Gasteiger partial charge in [0, 0.05) is 23.9 Å². The summed E-state index contributed by atoms with van der Waals surface area (Å²) in [5.41, 5.74) is 1.61. The molecule has 108 valence electrons. The molecule has 0 amide bonds. The zero-order valence-electron chi connectivity index (χ0n) is 11.8. The van der Waals surface area contributed by atoms with Crippen LogP contribution in [0, 0.1) is 12.7 Å². The van der Waals surface area contributed by atoms with Gasteiger partial charge in [0.25, 0.3) is 0 Å². The molecule has 0 atom stereocenters. The van der Waals surface area contributed by atoms with Gasteiger partial charge in [0.2, 0.25) is 0 Å². The molecule has 2 aromatic rings. The molecular formula is C15H18ClFN2S. The number of benzene rings is 1. The Balaban J connectivity index is 2.14. The lowest BCUT2D eigenvalue weighted by atomic mass is 10.1. The lowest BCUT2D eigenvalue weighted by molar-refractivity contribution is 0.591. The van der Waals surface area contributed by atoms with Crippen molar-refractivity contribution in [2.45, 2.75) is 39.8 Å². The maximum Gasteiger partial charge on any atom is 0.145 e. The maximum absolute atomic E-state index is 13.9. The SMILES string of the molecule is Cc1nc(Cc2cccc(Cl)c2F)sc1CNC(C)C. The molecule has 0 spiro atoms. The molecule has 0 saturated carbocycles. The summed E-state index contributed by atoms with van der Waals surface area (Å²) in [5, 5.41) is 4.46. The van der Waals surface area contributed by atoms with E-state index < -0.39 is 0 Å². The Hall–Kier alpha value is -0.970. The maximum atomic E-state index is 13.9. The fourth-order valence-electron chi connectivity index (χ4n) is 1.87. The molecule has 5 heteroatoms. The molecule has 0 bridgehead atoms. The molecule has 1 aromatic heterocycles. The van der Waals surface area contributed by atoms with Gasteiger partial charge in [-0.2, -0.15) is 0 Å². The number of hydrogen-bond acceptors (Lipinski definition) is 3. The Morgan fingerprint density at radius 3 is 2.85 bits per heavy atom. The van der Waals surface area contributed by atoms with Crippen molar-refractivity contribution in [1.29, 1.82) is 0 Å². The molecule has 1 N–H and O–H groups in total. The third-order valence-corrected chi connectivity index (χ3v) is 4.43. The van der Waals surface area contributed by atoms with Crippen molar-refractivity contribution in [2.75, 3.05) is 0 Å². The lowest BCUT2D eigenvalue weighted by Gasteiger charge is -2.05. The van der Waals surface area contributed by atoms with E-state index >= 15 is 0 Å². The summed E-state index contributed by atoms with van der Waals surface area (Å²) in [6.07, 6.45) is 0.486. The second-order valence-corrected chi connectivity index (χ2v) is 6.62. The summed E-state index contributed by atoms with van der Waals surface area (Å²) < 4.78 is 13.9. The summed E-state index contributed by atoms with van der Waals surface area (Å²) in [6.45, 7) is 7.02. The highest BCUT2D eigenvalue weighted by Gasteiger charge is 2.12. The second-order valence-electron chi connectivity index (χ2n) is 5.04. The number of nitrogens with one attached hydrogen (secondary N) is 1. The molecule has 2 nitrogen and oxygen atoms in total. The molecule has 0 aliphatic rings. The predicted molar refractivity (Wildman–Crippen MR) is 83.0 cm³/mol. The van der Waals surface area contributed by atoms with Gasteiger partial charge in [0.05, 0.1) is 15.7 Å². The molecule has 1 aromatic carbocycles. The fraction of sp³-hybridized carbons (Fsp3) is 0.400.